The maximum atomic E-state index is 13.9. The molecule has 1 aliphatic heterocycles. The normalized spacial score (nSPS) is 24.1. The minimum Gasteiger partial charge on any atom is -0.390 e. The molecule has 0 amide bonds. The third-order valence-corrected chi connectivity index (χ3v) is 4.78. The van der Waals surface area contributed by atoms with Crippen molar-refractivity contribution in [2.75, 3.05) is 13.2 Å². The summed E-state index contributed by atoms with van der Waals surface area (Å²) in [7, 11) is 0. The summed E-state index contributed by atoms with van der Waals surface area (Å²) in [5.74, 6) is -0.772. The van der Waals surface area contributed by atoms with Crippen LogP contribution in [0.3, 0.4) is 0 Å². The van der Waals surface area contributed by atoms with Crippen LogP contribution in [0.25, 0.3) is 0 Å². The number of halogens is 2. The Bertz CT molecular complexity index is 490. The molecular formula is C15H18BrFO3. The van der Waals surface area contributed by atoms with Gasteiger partial charge in [-0.2, -0.15) is 0 Å². The Morgan fingerprint density at radius 1 is 1.15 bits per heavy atom. The smallest absolute Gasteiger partial charge is 0.168 e. The second-order valence-corrected chi connectivity index (χ2v) is 6.66. The Hall–Kier alpha value is -0.490. The predicted molar refractivity (Wildman–Crippen MR) is 75.9 cm³/mol. The molecule has 2 aliphatic rings. The Kier molecular flexibility index (Phi) is 3.88. The van der Waals surface area contributed by atoms with Gasteiger partial charge in [0.05, 0.1) is 18.8 Å². The number of hydrogen-bond acceptors (Lipinski definition) is 3. The topological polar surface area (TPSA) is 38.7 Å². The van der Waals surface area contributed by atoms with E-state index in [0.717, 1.165) is 0 Å². The Balaban J connectivity index is 1.68. The average molecular weight is 345 g/mol. The standard InChI is InChI=1S/C15H18BrFO3/c16-12-2-1-11(13(17)9-12)10-14(18)3-5-15(6-4-14)19-7-8-20-15/h1-2,9,18H,3-8,10H2. The largest absolute Gasteiger partial charge is 0.390 e. The minimum absolute atomic E-state index is 0.276. The van der Waals surface area contributed by atoms with Gasteiger partial charge in [-0.25, -0.2) is 4.39 Å². The van der Waals surface area contributed by atoms with E-state index in [1.165, 1.54) is 6.07 Å². The van der Waals surface area contributed by atoms with Gasteiger partial charge in [0.25, 0.3) is 0 Å². The number of aliphatic hydroxyl groups is 1. The van der Waals surface area contributed by atoms with Crippen molar-refractivity contribution in [3.05, 3.63) is 34.1 Å². The van der Waals surface area contributed by atoms with Gasteiger partial charge < -0.3 is 14.6 Å². The van der Waals surface area contributed by atoms with E-state index in [0.29, 0.717) is 55.4 Å². The first-order valence-electron chi connectivity index (χ1n) is 6.95. The van der Waals surface area contributed by atoms with Crippen LogP contribution in [-0.2, 0) is 15.9 Å². The molecule has 110 valence electrons. The quantitative estimate of drug-likeness (QED) is 0.895. The van der Waals surface area contributed by atoms with Crippen molar-refractivity contribution in [1.82, 2.24) is 0 Å². The highest BCUT2D eigenvalue weighted by Gasteiger charge is 2.45. The highest BCUT2D eigenvalue weighted by Crippen LogP contribution is 2.41. The van der Waals surface area contributed by atoms with Crippen LogP contribution in [-0.4, -0.2) is 29.7 Å². The molecule has 20 heavy (non-hydrogen) atoms. The molecule has 5 heteroatoms. The van der Waals surface area contributed by atoms with Crippen molar-refractivity contribution < 1.29 is 19.0 Å². The molecule has 1 heterocycles. The van der Waals surface area contributed by atoms with Gasteiger partial charge >= 0.3 is 0 Å². The number of benzene rings is 1. The maximum absolute atomic E-state index is 13.9. The summed E-state index contributed by atoms with van der Waals surface area (Å²) in [5, 5.41) is 10.7. The zero-order chi connectivity index (χ0) is 14.2. The third-order valence-electron chi connectivity index (χ3n) is 4.29. The second-order valence-electron chi connectivity index (χ2n) is 5.74. The minimum atomic E-state index is -0.866. The molecule has 2 fully saturated rings. The third kappa shape index (κ3) is 2.91. The summed E-state index contributed by atoms with van der Waals surface area (Å²) in [6.07, 6.45) is 2.82. The molecule has 1 N–H and O–H groups in total. The first-order valence-corrected chi connectivity index (χ1v) is 7.74. The van der Waals surface area contributed by atoms with Crippen LogP contribution < -0.4 is 0 Å². The predicted octanol–water partition coefficient (Wildman–Crippen LogP) is 3.18. The van der Waals surface area contributed by atoms with Crippen molar-refractivity contribution in [3.63, 3.8) is 0 Å². The van der Waals surface area contributed by atoms with Crippen LogP contribution in [0.2, 0.25) is 0 Å². The molecule has 3 rings (SSSR count). The van der Waals surface area contributed by atoms with Gasteiger partial charge in [0, 0.05) is 23.7 Å². The zero-order valence-corrected chi connectivity index (χ0v) is 12.8. The average Bonchev–Trinajstić information content (AvgIpc) is 2.87. The molecule has 0 unspecified atom stereocenters. The summed E-state index contributed by atoms with van der Waals surface area (Å²) in [4.78, 5) is 0. The monoisotopic (exact) mass is 344 g/mol. The molecule has 1 aliphatic carbocycles. The lowest BCUT2D eigenvalue weighted by Crippen LogP contribution is -2.44. The number of ether oxygens (including phenoxy) is 2. The number of rotatable bonds is 2. The highest BCUT2D eigenvalue weighted by atomic mass is 79.9. The summed E-state index contributed by atoms with van der Waals surface area (Å²) >= 11 is 3.24. The summed E-state index contributed by atoms with van der Waals surface area (Å²) < 4.78 is 25.9. The van der Waals surface area contributed by atoms with E-state index in [2.05, 4.69) is 15.9 Å². The van der Waals surface area contributed by atoms with E-state index in [-0.39, 0.29) is 5.82 Å². The highest BCUT2D eigenvalue weighted by molar-refractivity contribution is 9.10. The summed E-state index contributed by atoms with van der Waals surface area (Å²) in [5.41, 5.74) is -0.310. The molecule has 1 aromatic rings. The first kappa shape index (κ1) is 14.4. The lowest BCUT2D eigenvalue weighted by Gasteiger charge is -2.40. The molecule has 1 aromatic carbocycles. The van der Waals surface area contributed by atoms with Crippen LogP contribution >= 0.6 is 15.9 Å². The van der Waals surface area contributed by atoms with E-state index in [1.54, 1.807) is 12.1 Å². The molecule has 0 bridgehead atoms. The Morgan fingerprint density at radius 3 is 2.40 bits per heavy atom. The van der Waals surface area contributed by atoms with Crippen LogP contribution in [0.1, 0.15) is 31.2 Å². The van der Waals surface area contributed by atoms with Crippen molar-refractivity contribution in [1.29, 1.82) is 0 Å². The van der Waals surface area contributed by atoms with Crippen molar-refractivity contribution >= 4 is 15.9 Å². The zero-order valence-electron chi connectivity index (χ0n) is 11.2. The van der Waals surface area contributed by atoms with Gasteiger partial charge in [0.1, 0.15) is 5.82 Å². The first-order chi connectivity index (χ1) is 9.50. The van der Waals surface area contributed by atoms with Gasteiger partial charge in [-0.15, -0.1) is 0 Å². The SMILES string of the molecule is OC1(Cc2ccc(Br)cc2F)CCC2(CC1)OCCO2. The van der Waals surface area contributed by atoms with Gasteiger partial charge in [-0.3, -0.25) is 0 Å². The van der Waals surface area contributed by atoms with Crippen LogP contribution in [0.15, 0.2) is 22.7 Å². The fraction of sp³-hybridized carbons (Fsp3) is 0.600. The second kappa shape index (κ2) is 5.37. The Labute approximate surface area is 126 Å². The van der Waals surface area contributed by atoms with E-state index in [9.17, 15) is 9.50 Å². The molecule has 3 nitrogen and oxygen atoms in total. The van der Waals surface area contributed by atoms with Crippen LogP contribution in [0.4, 0.5) is 4.39 Å². The van der Waals surface area contributed by atoms with E-state index >= 15 is 0 Å². The molecule has 0 radical (unpaired) electrons. The molecule has 1 saturated heterocycles. The number of hydrogen-bond donors (Lipinski definition) is 1. The fourth-order valence-electron chi connectivity index (χ4n) is 3.08. The van der Waals surface area contributed by atoms with E-state index in [1.807, 2.05) is 0 Å². The molecule has 1 saturated carbocycles. The Morgan fingerprint density at radius 2 is 1.80 bits per heavy atom. The van der Waals surface area contributed by atoms with Gasteiger partial charge in [-0.05, 0) is 30.5 Å². The van der Waals surface area contributed by atoms with Gasteiger partial charge in [0.2, 0.25) is 0 Å². The summed E-state index contributed by atoms with van der Waals surface area (Å²) in [6.45, 7) is 1.25. The van der Waals surface area contributed by atoms with Gasteiger partial charge in [0.15, 0.2) is 5.79 Å². The maximum Gasteiger partial charge on any atom is 0.168 e. The van der Waals surface area contributed by atoms with E-state index in [4.69, 9.17) is 9.47 Å². The van der Waals surface area contributed by atoms with Gasteiger partial charge in [-0.1, -0.05) is 22.0 Å². The lowest BCUT2D eigenvalue weighted by atomic mass is 9.78. The summed E-state index contributed by atoms with van der Waals surface area (Å²) in [6, 6.07) is 4.96. The van der Waals surface area contributed by atoms with E-state index < -0.39 is 11.4 Å². The molecule has 1 spiro atoms. The van der Waals surface area contributed by atoms with Crippen molar-refractivity contribution in [2.45, 2.75) is 43.5 Å². The molecular weight excluding hydrogens is 327 g/mol. The molecule has 0 aromatic heterocycles. The van der Waals surface area contributed by atoms with Crippen molar-refractivity contribution in [2.24, 2.45) is 0 Å². The fourth-order valence-corrected chi connectivity index (χ4v) is 3.41. The lowest BCUT2D eigenvalue weighted by molar-refractivity contribution is -0.202. The van der Waals surface area contributed by atoms with Crippen LogP contribution in [0.5, 0.6) is 0 Å². The van der Waals surface area contributed by atoms with Crippen LogP contribution in [0, 0.1) is 5.82 Å². The van der Waals surface area contributed by atoms with Crippen molar-refractivity contribution in [3.8, 4) is 0 Å². The molecule has 0 atom stereocenters.